The van der Waals surface area contributed by atoms with Crippen LogP contribution in [0.5, 0.6) is 0 Å². The molecule has 0 bridgehead atoms. The van der Waals surface area contributed by atoms with E-state index < -0.39 is 6.04 Å². The molecule has 1 atom stereocenters. The van der Waals surface area contributed by atoms with Gasteiger partial charge in [0.1, 0.15) is 5.82 Å². The molecular weight excluding hydrogens is 345 g/mol. The minimum absolute atomic E-state index is 0.0959. The number of halogens is 1. The molecule has 0 aromatic heterocycles. The Labute approximate surface area is 159 Å². The van der Waals surface area contributed by atoms with Crippen molar-refractivity contribution in [3.63, 3.8) is 0 Å². The van der Waals surface area contributed by atoms with E-state index in [4.69, 9.17) is 0 Å². The van der Waals surface area contributed by atoms with Gasteiger partial charge < -0.3 is 10.6 Å². The van der Waals surface area contributed by atoms with E-state index in [1.54, 1.807) is 19.1 Å². The van der Waals surface area contributed by atoms with Crippen molar-refractivity contribution in [3.05, 3.63) is 65.0 Å². The van der Waals surface area contributed by atoms with Crippen molar-refractivity contribution in [1.29, 1.82) is 0 Å². The Kier molecular flexibility index (Phi) is 7.07. The highest BCUT2D eigenvalue weighted by atomic mass is 19.1. The van der Waals surface area contributed by atoms with Crippen molar-refractivity contribution in [2.24, 2.45) is 0 Å². The third-order valence-electron chi connectivity index (χ3n) is 4.55. The minimum Gasteiger partial charge on any atom is -0.346 e. The number of nitrogens with one attached hydrogen (secondary N) is 2. The third-order valence-corrected chi connectivity index (χ3v) is 4.55. The van der Waals surface area contributed by atoms with Crippen LogP contribution in [0, 0.1) is 19.7 Å². The van der Waals surface area contributed by atoms with Gasteiger partial charge in [0.15, 0.2) is 0 Å². The summed E-state index contributed by atoms with van der Waals surface area (Å²) >= 11 is 0. The zero-order chi connectivity index (χ0) is 20.0. The van der Waals surface area contributed by atoms with Crippen LogP contribution < -0.4 is 10.6 Å². The Morgan fingerprint density at radius 2 is 1.67 bits per heavy atom. The van der Waals surface area contributed by atoms with Crippen molar-refractivity contribution >= 4 is 17.5 Å². The van der Waals surface area contributed by atoms with Gasteiger partial charge >= 0.3 is 0 Å². The Morgan fingerprint density at radius 3 is 2.26 bits per heavy atom. The van der Waals surface area contributed by atoms with Crippen LogP contribution in [-0.4, -0.2) is 36.3 Å². The summed E-state index contributed by atoms with van der Waals surface area (Å²) in [6.45, 7) is 6.02. The Hall–Kier alpha value is -2.73. The maximum Gasteiger partial charge on any atom is 0.243 e. The van der Waals surface area contributed by atoms with Crippen LogP contribution in [0.15, 0.2) is 42.5 Å². The average Bonchev–Trinajstić information content (AvgIpc) is 2.64. The van der Waals surface area contributed by atoms with E-state index in [2.05, 4.69) is 10.6 Å². The van der Waals surface area contributed by atoms with E-state index in [1.165, 1.54) is 12.1 Å². The third kappa shape index (κ3) is 5.89. The number of hydrogen-bond donors (Lipinski definition) is 2. The first-order valence-corrected chi connectivity index (χ1v) is 8.86. The number of carbonyl (C=O) groups excluding carboxylic acids is 2. The van der Waals surface area contributed by atoms with Gasteiger partial charge in [-0.25, -0.2) is 4.39 Å². The number of hydrogen-bond acceptors (Lipinski definition) is 3. The molecule has 2 aromatic carbocycles. The Balaban J connectivity index is 1.84. The van der Waals surface area contributed by atoms with Gasteiger partial charge in [0.25, 0.3) is 0 Å². The van der Waals surface area contributed by atoms with E-state index in [0.29, 0.717) is 6.54 Å². The van der Waals surface area contributed by atoms with Crippen molar-refractivity contribution < 1.29 is 14.0 Å². The highest BCUT2D eigenvalue weighted by Gasteiger charge is 2.19. The van der Waals surface area contributed by atoms with Crippen LogP contribution in [0.25, 0.3) is 0 Å². The summed E-state index contributed by atoms with van der Waals surface area (Å²) in [5.41, 5.74) is 3.63. The second-order valence-corrected chi connectivity index (χ2v) is 6.75. The van der Waals surface area contributed by atoms with Gasteiger partial charge in [0.2, 0.25) is 11.8 Å². The number of rotatable bonds is 7. The standard InChI is InChI=1S/C21H26FN3O2/c1-14-6-5-7-15(2)20(14)24-19(26)12-23-21(27)16(3)25(4)13-17-8-10-18(22)11-9-17/h5-11,16H,12-13H2,1-4H3,(H,23,27)(H,24,26)/t16-/m0/s1. The molecule has 27 heavy (non-hydrogen) atoms. The molecule has 2 rings (SSSR count). The zero-order valence-corrected chi connectivity index (χ0v) is 16.2. The summed E-state index contributed by atoms with van der Waals surface area (Å²) in [4.78, 5) is 26.3. The molecule has 0 aliphatic rings. The smallest absolute Gasteiger partial charge is 0.243 e. The number of anilines is 1. The monoisotopic (exact) mass is 371 g/mol. The molecule has 144 valence electrons. The molecule has 0 heterocycles. The molecule has 0 aliphatic carbocycles. The van der Waals surface area contributed by atoms with Crippen LogP contribution in [0.3, 0.4) is 0 Å². The maximum atomic E-state index is 13.0. The van der Waals surface area contributed by atoms with E-state index in [-0.39, 0.29) is 24.2 Å². The zero-order valence-electron chi connectivity index (χ0n) is 16.2. The lowest BCUT2D eigenvalue weighted by atomic mass is 10.1. The van der Waals surface area contributed by atoms with E-state index >= 15 is 0 Å². The van der Waals surface area contributed by atoms with Crippen LogP contribution in [0.4, 0.5) is 10.1 Å². The molecule has 0 unspecified atom stereocenters. The van der Waals surface area contributed by atoms with Crippen LogP contribution in [-0.2, 0) is 16.1 Å². The quantitative estimate of drug-likeness (QED) is 0.787. The molecule has 6 heteroatoms. The van der Waals surface area contributed by atoms with Crippen molar-refractivity contribution in [2.75, 3.05) is 18.9 Å². The topological polar surface area (TPSA) is 61.4 Å². The first-order valence-electron chi connectivity index (χ1n) is 8.86. The minimum atomic E-state index is -0.428. The number of aryl methyl sites for hydroxylation is 2. The van der Waals surface area contributed by atoms with Gasteiger partial charge in [-0.05, 0) is 56.6 Å². The predicted molar refractivity (Wildman–Crippen MR) is 105 cm³/mol. The highest BCUT2D eigenvalue weighted by Crippen LogP contribution is 2.19. The molecule has 0 radical (unpaired) electrons. The molecule has 2 amide bonds. The SMILES string of the molecule is Cc1cccc(C)c1NC(=O)CNC(=O)[C@H](C)N(C)Cc1ccc(F)cc1. The van der Waals surface area contributed by atoms with Gasteiger partial charge in [-0.1, -0.05) is 30.3 Å². The number of para-hydroxylation sites is 1. The molecule has 5 nitrogen and oxygen atoms in total. The summed E-state index contributed by atoms with van der Waals surface area (Å²) in [6.07, 6.45) is 0. The van der Waals surface area contributed by atoms with Crippen LogP contribution >= 0.6 is 0 Å². The summed E-state index contributed by atoms with van der Waals surface area (Å²) in [5.74, 6) is -0.799. The summed E-state index contributed by atoms with van der Waals surface area (Å²) in [6, 6.07) is 11.5. The summed E-state index contributed by atoms with van der Waals surface area (Å²) < 4.78 is 13.0. The number of likely N-dealkylation sites (N-methyl/N-ethyl adjacent to an activating group) is 1. The number of amides is 2. The first-order chi connectivity index (χ1) is 12.8. The van der Waals surface area contributed by atoms with Gasteiger partial charge in [-0.3, -0.25) is 14.5 Å². The molecule has 0 aliphatic heterocycles. The molecule has 2 N–H and O–H groups in total. The molecule has 0 fully saturated rings. The fraction of sp³-hybridized carbons (Fsp3) is 0.333. The van der Waals surface area contributed by atoms with E-state index in [9.17, 15) is 14.0 Å². The maximum absolute atomic E-state index is 13.0. The van der Waals surface area contributed by atoms with Gasteiger partial charge in [0, 0.05) is 12.2 Å². The van der Waals surface area contributed by atoms with Gasteiger partial charge in [-0.2, -0.15) is 0 Å². The summed E-state index contributed by atoms with van der Waals surface area (Å²) in [5, 5.41) is 5.51. The average molecular weight is 371 g/mol. The fourth-order valence-corrected chi connectivity index (χ4v) is 2.73. The number of carbonyl (C=O) groups is 2. The fourth-order valence-electron chi connectivity index (χ4n) is 2.73. The molecular formula is C21H26FN3O2. The highest BCUT2D eigenvalue weighted by molar-refractivity contribution is 5.96. The second kappa shape index (κ2) is 9.28. The summed E-state index contributed by atoms with van der Waals surface area (Å²) in [7, 11) is 1.81. The molecule has 0 spiro atoms. The predicted octanol–water partition coefficient (Wildman–Crippen LogP) is 3.02. The lowest BCUT2D eigenvalue weighted by Gasteiger charge is -2.24. The lowest BCUT2D eigenvalue weighted by molar-refractivity contribution is -0.127. The molecule has 2 aromatic rings. The number of nitrogens with zero attached hydrogens (tertiary/aromatic N) is 1. The second-order valence-electron chi connectivity index (χ2n) is 6.75. The Morgan fingerprint density at radius 1 is 1.07 bits per heavy atom. The van der Waals surface area contributed by atoms with Gasteiger partial charge in [0.05, 0.1) is 12.6 Å². The molecule has 0 saturated carbocycles. The van der Waals surface area contributed by atoms with Crippen LogP contribution in [0.1, 0.15) is 23.6 Å². The lowest BCUT2D eigenvalue weighted by Crippen LogP contribution is -2.45. The molecule has 0 saturated heterocycles. The van der Waals surface area contributed by atoms with E-state index in [0.717, 1.165) is 22.4 Å². The first kappa shape index (κ1) is 20.6. The normalized spacial score (nSPS) is 11.9. The van der Waals surface area contributed by atoms with Crippen molar-refractivity contribution in [1.82, 2.24) is 10.2 Å². The van der Waals surface area contributed by atoms with Gasteiger partial charge in [-0.15, -0.1) is 0 Å². The van der Waals surface area contributed by atoms with Crippen molar-refractivity contribution in [3.8, 4) is 0 Å². The van der Waals surface area contributed by atoms with E-state index in [1.807, 2.05) is 44.0 Å². The largest absolute Gasteiger partial charge is 0.346 e. The number of benzene rings is 2. The van der Waals surface area contributed by atoms with Crippen molar-refractivity contribution in [2.45, 2.75) is 33.4 Å². The Bertz CT molecular complexity index is 785. The van der Waals surface area contributed by atoms with Crippen LogP contribution in [0.2, 0.25) is 0 Å².